The van der Waals surface area contributed by atoms with Gasteiger partial charge in [-0.05, 0) is 25.1 Å². The first-order valence-corrected chi connectivity index (χ1v) is 8.32. The Morgan fingerprint density at radius 2 is 1.96 bits per heavy atom. The third-order valence-electron chi connectivity index (χ3n) is 3.63. The van der Waals surface area contributed by atoms with Crippen molar-refractivity contribution in [2.45, 2.75) is 6.92 Å². The first-order chi connectivity index (χ1) is 11.3. The molecule has 1 N–H and O–H groups in total. The zero-order valence-electron chi connectivity index (χ0n) is 13.0. The van der Waals surface area contributed by atoms with Gasteiger partial charge in [-0.2, -0.15) is 0 Å². The van der Waals surface area contributed by atoms with Gasteiger partial charge in [0.2, 0.25) is 0 Å². The van der Waals surface area contributed by atoms with Crippen LogP contribution in [0.5, 0.6) is 0 Å². The molecular formula is C18H18N2O2S. The van der Waals surface area contributed by atoms with Crippen LogP contribution in [0, 0.1) is 11.8 Å². The standard InChI is InChI=1S/C18H18N2O2S/c1-14(19-21)17-13-16(8-7-15-5-3-2-4-6-15)18(23-17)20-9-11-22-12-10-20/h2-6,13,21H,9-12H2,1H3/b19-14+. The topological polar surface area (TPSA) is 45.1 Å². The van der Waals surface area contributed by atoms with E-state index in [1.807, 2.05) is 36.4 Å². The van der Waals surface area contributed by atoms with E-state index < -0.39 is 0 Å². The third-order valence-corrected chi connectivity index (χ3v) is 4.94. The molecule has 0 amide bonds. The highest BCUT2D eigenvalue weighted by atomic mass is 32.1. The van der Waals surface area contributed by atoms with Crippen LogP contribution >= 0.6 is 11.3 Å². The minimum Gasteiger partial charge on any atom is -0.411 e. The summed E-state index contributed by atoms with van der Waals surface area (Å²) in [5.41, 5.74) is 2.57. The molecule has 1 aliphatic heterocycles. The fraction of sp³-hybridized carbons (Fsp3) is 0.278. The summed E-state index contributed by atoms with van der Waals surface area (Å²) in [7, 11) is 0. The fourth-order valence-electron chi connectivity index (χ4n) is 2.36. The van der Waals surface area contributed by atoms with E-state index in [2.05, 4.69) is 21.9 Å². The summed E-state index contributed by atoms with van der Waals surface area (Å²) < 4.78 is 5.43. The Bertz CT molecular complexity index is 750. The van der Waals surface area contributed by atoms with Gasteiger partial charge in [-0.3, -0.25) is 0 Å². The normalized spacial score (nSPS) is 15.2. The average molecular weight is 326 g/mol. The quantitative estimate of drug-likeness (QED) is 0.399. The molecule has 0 aliphatic carbocycles. The molecule has 118 valence electrons. The van der Waals surface area contributed by atoms with Crippen molar-refractivity contribution in [2.24, 2.45) is 5.16 Å². The Kier molecular flexibility index (Phi) is 4.96. The number of hydrogen-bond acceptors (Lipinski definition) is 5. The Hall–Kier alpha value is -2.29. The first-order valence-electron chi connectivity index (χ1n) is 7.50. The molecule has 1 aromatic carbocycles. The van der Waals surface area contributed by atoms with E-state index in [0.29, 0.717) is 5.71 Å². The Balaban J connectivity index is 1.96. The van der Waals surface area contributed by atoms with Crippen molar-refractivity contribution in [2.75, 3.05) is 31.2 Å². The predicted octanol–water partition coefficient (Wildman–Crippen LogP) is 3.18. The molecule has 0 radical (unpaired) electrons. The Labute approximate surface area is 140 Å². The van der Waals surface area contributed by atoms with Crippen LogP contribution in [0.1, 0.15) is 22.9 Å². The van der Waals surface area contributed by atoms with Gasteiger partial charge < -0.3 is 14.8 Å². The van der Waals surface area contributed by atoms with Crippen LogP contribution in [0.15, 0.2) is 41.6 Å². The van der Waals surface area contributed by atoms with E-state index in [0.717, 1.165) is 47.3 Å². The molecule has 2 heterocycles. The number of thiophene rings is 1. The van der Waals surface area contributed by atoms with Crippen LogP contribution in [0.25, 0.3) is 0 Å². The second kappa shape index (κ2) is 7.32. The average Bonchev–Trinajstić information content (AvgIpc) is 3.05. The number of benzene rings is 1. The largest absolute Gasteiger partial charge is 0.411 e. The molecule has 1 fully saturated rings. The van der Waals surface area contributed by atoms with Crippen LogP contribution in [-0.4, -0.2) is 37.2 Å². The number of rotatable bonds is 2. The number of anilines is 1. The first kappa shape index (κ1) is 15.6. The number of oxime groups is 1. The van der Waals surface area contributed by atoms with Crippen molar-refractivity contribution in [1.29, 1.82) is 0 Å². The molecule has 0 bridgehead atoms. The summed E-state index contributed by atoms with van der Waals surface area (Å²) in [5.74, 6) is 6.47. The van der Waals surface area contributed by atoms with Crippen LogP contribution in [-0.2, 0) is 4.74 Å². The Morgan fingerprint density at radius 1 is 1.22 bits per heavy atom. The van der Waals surface area contributed by atoms with Crippen LogP contribution in [0.3, 0.4) is 0 Å². The molecule has 0 spiro atoms. The van der Waals surface area contributed by atoms with Gasteiger partial charge >= 0.3 is 0 Å². The van der Waals surface area contributed by atoms with Crippen molar-refractivity contribution in [3.63, 3.8) is 0 Å². The monoisotopic (exact) mass is 326 g/mol. The van der Waals surface area contributed by atoms with E-state index in [-0.39, 0.29) is 0 Å². The predicted molar refractivity (Wildman–Crippen MR) is 93.8 cm³/mol. The van der Waals surface area contributed by atoms with E-state index in [1.54, 1.807) is 18.3 Å². The highest BCUT2D eigenvalue weighted by Crippen LogP contribution is 2.32. The SMILES string of the molecule is C/C(=N\O)c1cc(C#Cc2ccccc2)c(N2CCOCC2)s1. The molecule has 5 heteroatoms. The fourth-order valence-corrected chi connectivity index (χ4v) is 3.47. The number of morpholine rings is 1. The number of hydrogen-bond donors (Lipinski definition) is 1. The highest BCUT2D eigenvalue weighted by molar-refractivity contribution is 7.18. The second-order valence-corrected chi connectivity index (χ2v) is 6.26. The minimum atomic E-state index is 0.609. The molecular weight excluding hydrogens is 308 g/mol. The van der Waals surface area contributed by atoms with Gasteiger partial charge in [0.15, 0.2) is 0 Å². The molecule has 23 heavy (non-hydrogen) atoms. The maximum absolute atomic E-state index is 9.03. The lowest BCUT2D eigenvalue weighted by molar-refractivity contribution is 0.123. The third kappa shape index (κ3) is 3.73. The van der Waals surface area contributed by atoms with Gasteiger partial charge in [-0.25, -0.2) is 0 Å². The van der Waals surface area contributed by atoms with Crippen molar-refractivity contribution < 1.29 is 9.94 Å². The van der Waals surface area contributed by atoms with Crippen molar-refractivity contribution >= 4 is 22.0 Å². The lowest BCUT2D eigenvalue weighted by atomic mass is 10.2. The van der Waals surface area contributed by atoms with E-state index in [1.165, 1.54) is 0 Å². The highest BCUT2D eigenvalue weighted by Gasteiger charge is 2.18. The zero-order chi connectivity index (χ0) is 16.1. The minimum absolute atomic E-state index is 0.609. The Morgan fingerprint density at radius 3 is 2.65 bits per heavy atom. The molecule has 1 aliphatic rings. The van der Waals surface area contributed by atoms with Crippen molar-refractivity contribution in [3.8, 4) is 11.8 Å². The molecule has 0 unspecified atom stereocenters. The van der Waals surface area contributed by atoms with Crippen LogP contribution in [0.2, 0.25) is 0 Å². The van der Waals surface area contributed by atoms with Crippen LogP contribution < -0.4 is 4.90 Å². The van der Waals surface area contributed by atoms with Gasteiger partial charge in [0.25, 0.3) is 0 Å². The van der Waals surface area contributed by atoms with Gasteiger partial charge in [-0.1, -0.05) is 35.2 Å². The molecule has 0 atom stereocenters. The zero-order valence-corrected chi connectivity index (χ0v) is 13.8. The van der Waals surface area contributed by atoms with Gasteiger partial charge in [0, 0.05) is 18.7 Å². The summed E-state index contributed by atoms with van der Waals surface area (Å²) in [6, 6.07) is 11.9. The summed E-state index contributed by atoms with van der Waals surface area (Å²) in [4.78, 5) is 3.23. The smallest absolute Gasteiger partial charge is 0.108 e. The van der Waals surface area contributed by atoms with Gasteiger partial charge in [0.05, 0.1) is 29.4 Å². The summed E-state index contributed by atoms with van der Waals surface area (Å²) in [6.07, 6.45) is 0. The number of nitrogens with zero attached hydrogens (tertiary/aromatic N) is 2. The van der Waals surface area contributed by atoms with Crippen molar-refractivity contribution in [1.82, 2.24) is 0 Å². The lowest BCUT2D eigenvalue weighted by Gasteiger charge is -2.27. The summed E-state index contributed by atoms with van der Waals surface area (Å²) in [6.45, 7) is 4.96. The second-order valence-electron chi connectivity index (χ2n) is 5.23. The van der Waals surface area contributed by atoms with E-state index >= 15 is 0 Å². The molecule has 4 nitrogen and oxygen atoms in total. The van der Waals surface area contributed by atoms with E-state index in [4.69, 9.17) is 9.94 Å². The van der Waals surface area contributed by atoms with E-state index in [9.17, 15) is 0 Å². The molecule has 1 aromatic heterocycles. The van der Waals surface area contributed by atoms with Gasteiger partial charge in [-0.15, -0.1) is 11.3 Å². The number of ether oxygens (including phenoxy) is 1. The molecule has 0 saturated carbocycles. The summed E-state index contributed by atoms with van der Waals surface area (Å²) >= 11 is 1.61. The molecule has 2 aromatic rings. The molecule has 3 rings (SSSR count). The maximum atomic E-state index is 9.03. The summed E-state index contributed by atoms with van der Waals surface area (Å²) in [5, 5.41) is 13.5. The van der Waals surface area contributed by atoms with Crippen LogP contribution in [0.4, 0.5) is 5.00 Å². The lowest BCUT2D eigenvalue weighted by Crippen LogP contribution is -2.36. The van der Waals surface area contributed by atoms with Crippen molar-refractivity contribution in [3.05, 3.63) is 52.4 Å². The van der Waals surface area contributed by atoms with Gasteiger partial charge in [0.1, 0.15) is 5.00 Å². The molecule has 1 saturated heterocycles. The maximum Gasteiger partial charge on any atom is 0.108 e.